The van der Waals surface area contributed by atoms with Gasteiger partial charge in [-0.05, 0) is 42.5 Å². The summed E-state index contributed by atoms with van der Waals surface area (Å²) in [6, 6.07) is 12.5. The van der Waals surface area contributed by atoms with Crippen molar-refractivity contribution in [1.29, 1.82) is 0 Å². The maximum Gasteiger partial charge on any atom is 0.242 e. The van der Waals surface area contributed by atoms with Crippen LogP contribution >= 0.6 is 0 Å². The highest BCUT2D eigenvalue weighted by molar-refractivity contribution is 7.89. The summed E-state index contributed by atoms with van der Waals surface area (Å²) >= 11 is 0. The number of aryl methyl sites for hydroxylation is 1. The zero-order valence-corrected chi connectivity index (χ0v) is 16.9. The summed E-state index contributed by atoms with van der Waals surface area (Å²) < 4.78 is 36.8. The molecule has 1 aliphatic carbocycles. The number of benzene rings is 2. The summed E-state index contributed by atoms with van der Waals surface area (Å²) in [5, 5.41) is 2.94. The second-order valence-electron chi connectivity index (χ2n) is 7.34. The third-order valence-corrected chi connectivity index (χ3v) is 5.95. The fourth-order valence-electron chi connectivity index (χ4n) is 3.66. The van der Waals surface area contributed by atoms with E-state index in [1.165, 1.54) is 23.3 Å². The summed E-state index contributed by atoms with van der Waals surface area (Å²) in [7, 11) is -1.51. The molecule has 0 fully saturated rings. The molecule has 5 nitrogen and oxygen atoms in total. The van der Waals surface area contributed by atoms with Gasteiger partial charge in [-0.1, -0.05) is 30.3 Å². The molecule has 1 atom stereocenters. The molecule has 150 valence electrons. The Hall–Kier alpha value is -2.41. The van der Waals surface area contributed by atoms with Crippen LogP contribution in [0.5, 0.6) is 0 Å². The number of rotatable bonds is 6. The molecule has 0 radical (unpaired) electrons. The SMILES string of the molecule is CN(C(=O)CNc1ccc(CS(C)(=O)=O)c(F)c1)[C@H]1CCCc2ccccc21. The minimum atomic E-state index is -3.31. The van der Waals surface area contributed by atoms with Crippen molar-refractivity contribution in [2.75, 3.05) is 25.2 Å². The van der Waals surface area contributed by atoms with Gasteiger partial charge in [0.15, 0.2) is 9.84 Å². The van der Waals surface area contributed by atoms with Crippen molar-refractivity contribution < 1.29 is 17.6 Å². The van der Waals surface area contributed by atoms with E-state index >= 15 is 0 Å². The number of sulfone groups is 1. The number of anilines is 1. The second-order valence-corrected chi connectivity index (χ2v) is 9.48. The lowest BCUT2D eigenvalue weighted by molar-refractivity contribution is -0.130. The summed E-state index contributed by atoms with van der Waals surface area (Å²) in [6.07, 6.45) is 4.07. The largest absolute Gasteiger partial charge is 0.376 e. The molecule has 3 rings (SSSR count). The number of carbonyl (C=O) groups excluding carboxylic acids is 1. The molecule has 1 aliphatic rings. The first-order valence-electron chi connectivity index (χ1n) is 9.28. The van der Waals surface area contributed by atoms with Crippen molar-refractivity contribution in [1.82, 2.24) is 4.90 Å². The standard InChI is InChI=1S/C21H25FN2O3S/c1-24(20-9-5-7-15-6-3-4-8-18(15)20)21(25)13-23-17-11-10-16(19(22)12-17)14-28(2,26)27/h3-4,6,8,10-12,20,23H,5,7,9,13-14H2,1-2H3/t20-/m0/s1. The van der Waals surface area contributed by atoms with Crippen LogP contribution in [-0.4, -0.2) is 39.1 Å². The minimum Gasteiger partial charge on any atom is -0.376 e. The molecule has 1 amide bonds. The molecule has 2 aromatic rings. The Morgan fingerprint density at radius 1 is 1.25 bits per heavy atom. The molecule has 0 heterocycles. The number of hydrogen-bond donors (Lipinski definition) is 1. The zero-order chi connectivity index (χ0) is 20.3. The normalized spacial score (nSPS) is 16.3. The van der Waals surface area contributed by atoms with Gasteiger partial charge in [-0.3, -0.25) is 4.79 Å². The number of hydrogen-bond acceptors (Lipinski definition) is 4. The summed E-state index contributed by atoms with van der Waals surface area (Å²) in [5.74, 6) is -1.03. The highest BCUT2D eigenvalue weighted by atomic mass is 32.2. The zero-order valence-electron chi connectivity index (χ0n) is 16.1. The van der Waals surface area contributed by atoms with Gasteiger partial charge in [-0.25, -0.2) is 12.8 Å². The van der Waals surface area contributed by atoms with Gasteiger partial charge in [-0.15, -0.1) is 0 Å². The fourth-order valence-corrected chi connectivity index (χ4v) is 4.46. The lowest BCUT2D eigenvalue weighted by Crippen LogP contribution is -2.37. The monoisotopic (exact) mass is 404 g/mol. The van der Waals surface area contributed by atoms with Gasteiger partial charge < -0.3 is 10.2 Å². The van der Waals surface area contributed by atoms with Crippen molar-refractivity contribution in [3.63, 3.8) is 0 Å². The van der Waals surface area contributed by atoms with E-state index in [-0.39, 0.29) is 29.8 Å². The number of carbonyl (C=O) groups is 1. The fraction of sp³-hybridized carbons (Fsp3) is 0.381. The second kappa shape index (κ2) is 8.31. The van der Waals surface area contributed by atoms with Gasteiger partial charge in [0.1, 0.15) is 5.82 Å². The van der Waals surface area contributed by atoms with Crippen LogP contribution in [0.4, 0.5) is 10.1 Å². The van der Waals surface area contributed by atoms with Gasteiger partial charge in [0.25, 0.3) is 0 Å². The van der Waals surface area contributed by atoms with E-state index in [0.29, 0.717) is 5.69 Å². The Balaban J connectivity index is 1.64. The van der Waals surface area contributed by atoms with Crippen LogP contribution in [0.3, 0.4) is 0 Å². The van der Waals surface area contributed by atoms with Crippen LogP contribution in [-0.2, 0) is 26.8 Å². The van der Waals surface area contributed by atoms with Crippen LogP contribution in [0.25, 0.3) is 0 Å². The summed E-state index contributed by atoms with van der Waals surface area (Å²) in [6.45, 7) is 0.0417. The average molecular weight is 405 g/mol. The Labute approximate surface area is 165 Å². The van der Waals surface area contributed by atoms with E-state index in [9.17, 15) is 17.6 Å². The third-order valence-electron chi connectivity index (χ3n) is 5.11. The van der Waals surface area contributed by atoms with E-state index in [0.717, 1.165) is 25.5 Å². The van der Waals surface area contributed by atoms with Crippen LogP contribution in [0.2, 0.25) is 0 Å². The maximum atomic E-state index is 14.1. The van der Waals surface area contributed by atoms with Gasteiger partial charge >= 0.3 is 0 Å². The molecular formula is C21H25FN2O3S. The molecule has 2 aromatic carbocycles. The Morgan fingerprint density at radius 3 is 2.71 bits per heavy atom. The Bertz CT molecular complexity index is 975. The van der Waals surface area contributed by atoms with E-state index in [1.807, 2.05) is 12.1 Å². The molecule has 0 saturated heterocycles. The molecule has 28 heavy (non-hydrogen) atoms. The molecule has 0 saturated carbocycles. The smallest absolute Gasteiger partial charge is 0.242 e. The number of halogens is 1. The number of fused-ring (bicyclic) bond motifs is 1. The molecule has 0 unspecified atom stereocenters. The van der Waals surface area contributed by atoms with Gasteiger partial charge in [-0.2, -0.15) is 0 Å². The lowest BCUT2D eigenvalue weighted by atomic mass is 9.87. The first-order chi connectivity index (χ1) is 13.2. The van der Waals surface area contributed by atoms with E-state index < -0.39 is 15.7 Å². The molecular weight excluding hydrogens is 379 g/mol. The lowest BCUT2D eigenvalue weighted by Gasteiger charge is -2.33. The molecule has 1 N–H and O–H groups in total. The number of likely N-dealkylation sites (N-methyl/N-ethyl adjacent to an activating group) is 1. The topological polar surface area (TPSA) is 66.5 Å². The van der Waals surface area contributed by atoms with Gasteiger partial charge in [0.05, 0.1) is 18.3 Å². The van der Waals surface area contributed by atoms with Crippen LogP contribution in [0.15, 0.2) is 42.5 Å². The highest BCUT2D eigenvalue weighted by Gasteiger charge is 2.26. The third kappa shape index (κ3) is 4.90. The van der Waals surface area contributed by atoms with E-state index in [2.05, 4.69) is 17.4 Å². The van der Waals surface area contributed by atoms with Gasteiger partial charge in [0.2, 0.25) is 5.91 Å². The van der Waals surface area contributed by atoms with Crippen molar-refractivity contribution in [2.24, 2.45) is 0 Å². The number of nitrogens with one attached hydrogen (secondary N) is 1. The van der Waals surface area contributed by atoms with Crippen LogP contribution < -0.4 is 5.32 Å². The predicted octanol–water partition coefficient (Wildman–Crippen LogP) is 3.32. The van der Waals surface area contributed by atoms with E-state index in [1.54, 1.807) is 18.0 Å². The van der Waals surface area contributed by atoms with Crippen molar-refractivity contribution in [3.05, 3.63) is 65.0 Å². The van der Waals surface area contributed by atoms with Crippen molar-refractivity contribution in [2.45, 2.75) is 31.1 Å². The maximum absolute atomic E-state index is 14.1. The first-order valence-corrected chi connectivity index (χ1v) is 11.3. The molecule has 0 spiro atoms. The van der Waals surface area contributed by atoms with E-state index in [4.69, 9.17) is 0 Å². The molecule has 0 aliphatic heterocycles. The molecule has 7 heteroatoms. The summed E-state index contributed by atoms with van der Waals surface area (Å²) in [4.78, 5) is 14.4. The van der Waals surface area contributed by atoms with Crippen molar-refractivity contribution in [3.8, 4) is 0 Å². The average Bonchev–Trinajstić information content (AvgIpc) is 2.66. The highest BCUT2D eigenvalue weighted by Crippen LogP contribution is 2.33. The Kier molecular flexibility index (Phi) is 6.03. The number of amides is 1. The first kappa shape index (κ1) is 20.3. The predicted molar refractivity (Wildman–Crippen MR) is 108 cm³/mol. The minimum absolute atomic E-state index is 0.0417. The van der Waals surface area contributed by atoms with Crippen LogP contribution in [0, 0.1) is 5.82 Å². The number of nitrogens with zero attached hydrogens (tertiary/aromatic N) is 1. The quantitative estimate of drug-likeness (QED) is 0.802. The van der Waals surface area contributed by atoms with Gasteiger partial charge in [0, 0.05) is 24.6 Å². The van der Waals surface area contributed by atoms with Crippen LogP contribution in [0.1, 0.15) is 35.6 Å². The van der Waals surface area contributed by atoms with Crippen molar-refractivity contribution >= 4 is 21.4 Å². The molecule has 0 bridgehead atoms. The molecule has 0 aromatic heterocycles. The summed E-state index contributed by atoms with van der Waals surface area (Å²) in [5.41, 5.74) is 3.05. The Morgan fingerprint density at radius 2 is 2.00 bits per heavy atom.